The van der Waals surface area contributed by atoms with Crippen molar-refractivity contribution in [3.05, 3.63) is 70.5 Å². The molecule has 6 nitrogen and oxygen atoms in total. The van der Waals surface area contributed by atoms with Crippen molar-refractivity contribution in [3.63, 3.8) is 0 Å². The molecule has 0 unspecified atom stereocenters. The Balaban J connectivity index is 1.58. The molecular weight excluding hydrogens is 328 g/mol. The molecule has 0 aliphatic heterocycles. The number of para-hydroxylation sites is 1. The van der Waals surface area contributed by atoms with Crippen LogP contribution in [0, 0.1) is 0 Å². The molecule has 1 aromatic heterocycles. The average molecular weight is 350 g/mol. The van der Waals surface area contributed by atoms with Gasteiger partial charge in [-0.3, -0.25) is 14.3 Å². The monoisotopic (exact) mass is 350 g/mol. The predicted octanol–water partition coefficient (Wildman–Crippen LogP) is 2.17. The second kappa shape index (κ2) is 7.82. The topological polar surface area (TPSA) is 67.2 Å². The Morgan fingerprint density at radius 1 is 1.12 bits per heavy atom. The fourth-order valence-electron chi connectivity index (χ4n) is 2.75. The second-order valence-corrected chi connectivity index (χ2v) is 6.34. The highest BCUT2D eigenvalue weighted by Crippen LogP contribution is 2.12. The van der Waals surface area contributed by atoms with Gasteiger partial charge in [0.2, 0.25) is 11.3 Å². The van der Waals surface area contributed by atoms with Crippen molar-refractivity contribution in [2.75, 3.05) is 19.0 Å². The molecule has 3 rings (SSSR count). The van der Waals surface area contributed by atoms with Gasteiger partial charge in [-0.05, 0) is 29.8 Å². The van der Waals surface area contributed by atoms with Gasteiger partial charge in [0, 0.05) is 38.1 Å². The first kappa shape index (κ1) is 17.7. The Labute approximate surface area is 152 Å². The number of nitrogens with zero attached hydrogens (tertiary/aromatic N) is 3. The van der Waals surface area contributed by atoms with Gasteiger partial charge >= 0.3 is 0 Å². The summed E-state index contributed by atoms with van der Waals surface area (Å²) in [5, 5.41) is 7.68. The number of nitrogens with one attached hydrogen (secondary N) is 1. The third-order valence-corrected chi connectivity index (χ3v) is 4.26. The Hall–Kier alpha value is -3.15. The highest BCUT2D eigenvalue weighted by molar-refractivity contribution is 5.79. The molecule has 26 heavy (non-hydrogen) atoms. The van der Waals surface area contributed by atoms with Crippen molar-refractivity contribution in [2.45, 2.75) is 19.5 Å². The van der Waals surface area contributed by atoms with Gasteiger partial charge in [-0.15, -0.1) is 0 Å². The number of amides is 1. The number of carbonyl (C=O) groups excluding carboxylic acids is 1. The number of fused-ring (bicyclic) bond motifs is 1. The maximum Gasteiger partial charge on any atom is 0.222 e. The van der Waals surface area contributed by atoms with E-state index in [2.05, 4.69) is 10.4 Å². The molecule has 2 aromatic carbocycles. The summed E-state index contributed by atoms with van der Waals surface area (Å²) in [6.07, 6.45) is 1.60. The SMILES string of the molecule is CN(C)c1ccc(CNC(=O)CCn2ncc(=O)c3ccccc32)cc1. The molecule has 0 aliphatic carbocycles. The van der Waals surface area contributed by atoms with Crippen molar-refractivity contribution in [3.8, 4) is 0 Å². The summed E-state index contributed by atoms with van der Waals surface area (Å²) in [5.41, 5.74) is 2.81. The largest absolute Gasteiger partial charge is 0.378 e. The summed E-state index contributed by atoms with van der Waals surface area (Å²) in [7, 11) is 3.98. The van der Waals surface area contributed by atoms with E-state index in [1.807, 2.05) is 61.5 Å². The standard InChI is InChI=1S/C20H22N4O2/c1-23(2)16-9-7-15(8-10-16)13-21-20(26)11-12-24-18-6-4-3-5-17(18)19(25)14-22-24/h3-10,14H,11-13H2,1-2H3,(H,21,26). The molecule has 1 N–H and O–H groups in total. The Bertz CT molecular complexity index is 961. The normalized spacial score (nSPS) is 10.7. The zero-order valence-electron chi connectivity index (χ0n) is 15.0. The lowest BCUT2D eigenvalue weighted by Gasteiger charge is -2.13. The smallest absolute Gasteiger partial charge is 0.222 e. The molecule has 1 heterocycles. The van der Waals surface area contributed by atoms with E-state index in [9.17, 15) is 9.59 Å². The van der Waals surface area contributed by atoms with Crippen LogP contribution in [-0.2, 0) is 17.9 Å². The first-order valence-corrected chi connectivity index (χ1v) is 8.52. The van der Waals surface area contributed by atoms with Crippen LogP contribution in [0.15, 0.2) is 59.5 Å². The Kier molecular flexibility index (Phi) is 5.31. The highest BCUT2D eigenvalue weighted by atomic mass is 16.1. The molecule has 0 atom stereocenters. The summed E-state index contributed by atoms with van der Waals surface area (Å²) in [6, 6.07) is 15.4. The first-order valence-electron chi connectivity index (χ1n) is 8.52. The summed E-state index contributed by atoms with van der Waals surface area (Å²) < 4.78 is 1.70. The third-order valence-electron chi connectivity index (χ3n) is 4.26. The van der Waals surface area contributed by atoms with Gasteiger partial charge in [-0.1, -0.05) is 24.3 Å². The maximum absolute atomic E-state index is 12.1. The van der Waals surface area contributed by atoms with Crippen LogP contribution in [0.25, 0.3) is 10.9 Å². The number of carbonyl (C=O) groups is 1. The average Bonchev–Trinajstić information content (AvgIpc) is 2.66. The molecule has 0 saturated heterocycles. The van der Waals surface area contributed by atoms with Gasteiger partial charge in [0.25, 0.3) is 0 Å². The van der Waals surface area contributed by atoms with E-state index >= 15 is 0 Å². The van der Waals surface area contributed by atoms with Crippen LogP contribution >= 0.6 is 0 Å². The number of anilines is 1. The fourth-order valence-corrected chi connectivity index (χ4v) is 2.75. The number of hydrogen-bond acceptors (Lipinski definition) is 4. The maximum atomic E-state index is 12.1. The molecule has 3 aromatic rings. The van der Waals surface area contributed by atoms with Crippen LogP contribution in [0.1, 0.15) is 12.0 Å². The Morgan fingerprint density at radius 2 is 1.85 bits per heavy atom. The fraction of sp³-hybridized carbons (Fsp3) is 0.250. The summed E-state index contributed by atoms with van der Waals surface area (Å²) in [6.45, 7) is 0.914. The number of aromatic nitrogens is 2. The molecule has 0 saturated carbocycles. The molecule has 0 bridgehead atoms. The van der Waals surface area contributed by atoms with E-state index in [1.54, 1.807) is 10.7 Å². The molecule has 0 fully saturated rings. The lowest BCUT2D eigenvalue weighted by molar-refractivity contribution is -0.121. The van der Waals surface area contributed by atoms with Crippen molar-refractivity contribution in [2.24, 2.45) is 0 Å². The van der Waals surface area contributed by atoms with E-state index in [0.29, 0.717) is 24.9 Å². The van der Waals surface area contributed by atoms with Gasteiger partial charge in [0.15, 0.2) is 0 Å². The molecule has 0 spiro atoms. The molecule has 1 amide bonds. The molecule has 134 valence electrons. The first-order chi connectivity index (χ1) is 12.5. The van der Waals surface area contributed by atoms with Crippen molar-refractivity contribution >= 4 is 22.5 Å². The minimum Gasteiger partial charge on any atom is -0.378 e. The van der Waals surface area contributed by atoms with Crippen LogP contribution in [0.5, 0.6) is 0 Å². The lowest BCUT2D eigenvalue weighted by atomic mass is 10.2. The van der Waals surface area contributed by atoms with Gasteiger partial charge < -0.3 is 10.2 Å². The minimum absolute atomic E-state index is 0.0498. The number of hydrogen-bond donors (Lipinski definition) is 1. The van der Waals surface area contributed by atoms with Crippen LogP contribution in [0.2, 0.25) is 0 Å². The minimum atomic E-state index is -0.109. The summed E-state index contributed by atoms with van der Waals surface area (Å²) in [4.78, 5) is 26.0. The van der Waals surface area contributed by atoms with Crippen LogP contribution < -0.4 is 15.6 Å². The van der Waals surface area contributed by atoms with Crippen LogP contribution in [0.4, 0.5) is 5.69 Å². The zero-order valence-corrected chi connectivity index (χ0v) is 15.0. The van der Waals surface area contributed by atoms with Crippen LogP contribution in [-0.4, -0.2) is 29.8 Å². The molecule has 6 heteroatoms. The van der Waals surface area contributed by atoms with Gasteiger partial charge in [-0.2, -0.15) is 5.10 Å². The third kappa shape index (κ3) is 4.08. The van der Waals surface area contributed by atoms with Crippen molar-refractivity contribution < 1.29 is 4.79 Å². The van der Waals surface area contributed by atoms with Gasteiger partial charge in [0.1, 0.15) is 0 Å². The number of benzene rings is 2. The number of aryl methyl sites for hydroxylation is 1. The van der Waals surface area contributed by atoms with E-state index in [1.165, 1.54) is 6.20 Å². The van der Waals surface area contributed by atoms with Gasteiger partial charge in [-0.25, -0.2) is 0 Å². The molecular formula is C20H22N4O2. The van der Waals surface area contributed by atoms with E-state index in [4.69, 9.17) is 0 Å². The van der Waals surface area contributed by atoms with E-state index in [-0.39, 0.29) is 11.3 Å². The van der Waals surface area contributed by atoms with Crippen molar-refractivity contribution in [1.82, 2.24) is 15.1 Å². The second-order valence-electron chi connectivity index (χ2n) is 6.34. The molecule has 0 radical (unpaired) electrons. The Morgan fingerprint density at radius 3 is 2.58 bits per heavy atom. The van der Waals surface area contributed by atoms with Gasteiger partial charge in [0.05, 0.1) is 18.3 Å². The van der Waals surface area contributed by atoms with E-state index in [0.717, 1.165) is 16.8 Å². The van der Waals surface area contributed by atoms with Crippen LogP contribution in [0.3, 0.4) is 0 Å². The quantitative estimate of drug-likeness (QED) is 0.740. The lowest BCUT2D eigenvalue weighted by Crippen LogP contribution is -2.24. The zero-order chi connectivity index (χ0) is 18.5. The summed E-state index contributed by atoms with van der Waals surface area (Å²) in [5.74, 6) is -0.0498. The molecule has 0 aliphatic rings. The highest BCUT2D eigenvalue weighted by Gasteiger charge is 2.06. The van der Waals surface area contributed by atoms with E-state index < -0.39 is 0 Å². The summed E-state index contributed by atoms with van der Waals surface area (Å²) >= 11 is 0. The van der Waals surface area contributed by atoms with Crippen molar-refractivity contribution in [1.29, 1.82) is 0 Å². The predicted molar refractivity (Wildman–Crippen MR) is 103 cm³/mol. The number of rotatable bonds is 6.